The summed E-state index contributed by atoms with van der Waals surface area (Å²) in [7, 11) is 0. The van der Waals surface area contributed by atoms with Gasteiger partial charge in [-0.25, -0.2) is 9.97 Å². The SMILES string of the molecule is CC(C)N(CCNc1cc(N2CCC(N3CCOCC3)CC2)ncn1)C(C)C. The van der Waals surface area contributed by atoms with Gasteiger partial charge in [0.25, 0.3) is 0 Å². The minimum Gasteiger partial charge on any atom is -0.379 e. The molecular weight excluding hydrogens is 352 g/mol. The lowest BCUT2D eigenvalue weighted by atomic mass is 10.0. The van der Waals surface area contributed by atoms with Crippen molar-refractivity contribution in [3.8, 4) is 0 Å². The van der Waals surface area contributed by atoms with Gasteiger partial charge in [0.1, 0.15) is 18.0 Å². The number of nitrogens with one attached hydrogen (secondary N) is 1. The first kappa shape index (κ1) is 21.3. The Morgan fingerprint density at radius 2 is 1.75 bits per heavy atom. The number of aromatic nitrogens is 2. The Hall–Kier alpha value is -1.44. The van der Waals surface area contributed by atoms with Crippen LogP contribution in [0.2, 0.25) is 0 Å². The van der Waals surface area contributed by atoms with Crippen LogP contribution in [-0.2, 0) is 4.74 Å². The molecule has 0 spiro atoms. The van der Waals surface area contributed by atoms with E-state index < -0.39 is 0 Å². The minimum atomic E-state index is 0.551. The van der Waals surface area contributed by atoms with E-state index in [2.05, 4.69) is 63.7 Å². The van der Waals surface area contributed by atoms with Crippen LogP contribution in [0, 0.1) is 0 Å². The maximum atomic E-state index is 5.49. The van der Waals surface area contributed by atoms with E-state index >= 15 is 0 Å². The first-order valence-electron chi connectivity index (χ1n) is 10.9. The quantitative estimate of drug-likeness (QED) is 0.731. The highest BCUT2D eigenvalue weighted by Crippen LogP contribution is 2.22. The molecule has 7 heteroatoms. The van der Waals surface area contributed by atoms with E-state index in [0.717, 1.165) is 64.1 Å². The van der Waals surface area contributed by atoms with Crippen molar-refractivity contribution >= 4 is 11.6 Å². The number of hydrogen-bond acceptors (Lipinski definition) is 7. The van der Waals surface area contributed by atoms with Gasteiger partial charge in [-0.2, -0.15) is 0 Å². The van der Waals surface area contributed by atoms with Crippen LogP contribution in [0.25, 0.3) is 0 Å². The van der Waals surface area contributed by atoms with Gasteiger partial charge in [0.05, 0.1) is 13.2 Å². The average Bonchev–Trinajstić information content (AvgIpc) is 2.71. The Morgan fingerprint density at radius 3 is 2.39 bits per heavy atom. The molecule has 1 aromatic rings. The standard InChI is InChI=1S/C21H38N6O/c1-17(2)27(18(3)4)10-7-22-20-15-21(24-16-23-20)26-8-5-19(6-9-26)25-11-13-28-14-12-25/h15-19H,5-14H2,1-4H3,(H,22,23,24). The molecule has 1 N–H and O–H groups in total. The summed E-state index contributed by atoms with van der Waals surface area (Å²) in [5.74, 6) is 1.97. The first-order valence-corrected chi connectivity index (χ1v) is 10.9. The fraction of sp³-hybridized carbons (Fsp3) is 0.810. The van der Waals surface area contributed by atoms with Crippen LogP contribution in [0.15, 0.2) is 12.4 Å². The smallest absolute Gasteiger partial charge is 0.134 e. The number of nitrogens with zero attached hydrogens (tertiary/aromatic N) is 5. The van der Waals surface area contributed by atoms with Crippen LogP contribution in [0.3, 0.4) is 0 Å². The lowest BCUT2D eigenvalue weighted by Crippen LogP contribution is -2.49. The summed E-state index contributed by atoms with van der Waals surface area (Å²) in [5, 5.41) is 3.48. The lowest BCUT2D eigenvalue weighted by molar-refractivity contribution is 0.0115. The van der Waals surface area contributed by atoms with E-state index in [1.165, 1.54) is 12.8 Å². The van der Waals surface area contributed by atoms with Gasteiger partial charge in [-0.1, -0.05) is 0 Å². The number of ether oxygens (including phenoxy) is 1. The van der Waals surface area contributed by atoms with Crippen LogP contribution in [0.4, 0.5) is 11.6 Å². The highest BCUT2D eigenvalue weighted by molar-refractivity contribution is 5.48. The summed E-state index contributed by atoms with van der Waals surface area (Å²) in [5.41, 5.74) is 0. The molecule has 0 atom stereocenters. The van der Waals surface area contributed by atoms with Gasteiger partial charge < -0.3 is 15.0 Å². The summed E-state index contributed by atoms with van der Waals surface area (Å²) < 4.78 is 5.49. The molecule has 0 amide bonds. The maximum absolute atomic E-state index is 5.49. The predicted molar refractivity (Wildman–Crippen MR) is 115 cm³/mol. The Labute approximate surface area is 170 Å². The zero-order valence-corrected chi connectivity index (χ0v) is 18.1. The molecule has 2 saturated heterocycles. The largest absolute Gasteiger partial charge is 0.379 e. The molecule has 0 bridgehead atoms. The topological polar surface area (TPSA) is 56.8 Å². The summed E-state index contributed by atoms with van der Waals surface area (Å²) >= 11 is 0. The third kappa shape index (κ3) is 5.78. The first-order chi connectivity index (χ1) is 13.5. The Balaban J connectivity index is 1.48. The van der Waals surface area contributed by atoms with Crippen molar-refractivity contribution in [1.82, 2.24) is 19.8 Å². The summed E-state index contributed by atoms with van der Waals surface area (Å²) in [6.07, 6.45) is 4.09. The van der Waals surface area contributed by atoms with E-state index in [1.807, 2.05) is 0 Å². The molecule has 3 heterocycles. The summed E-state index contributed by atoms with van der Waals surface area (Å²) in [4.78, 5) is 16.4. The van der Waals surface area contributed by atoms with Gasteiger partial charge >= 0.3 is 0 Å². The van der Waals surface area contributed by atoms with E-state index in [9.17, 15) is 0 Å². The predicted octanol–water partition coefficient (Wildman–Crippen LogP) is 2.31. The fourth-order valence-corrected chi connectivity index (χ4v) is 4.45. The number of rotatable bonds is 8. The Bertz CT molecular complexity index is 574. The zero-order chi connectivity index (χ0) is 19.9. The van der Waals surface area contributed by atoms with Crippen molar-refractivity contribution < 1.29 is 4.74 Å². The third-order valence-corrected chi connectivity index (χ3v) is 6.01. The van der Waals surface area contributed by atoms with E-state index in [4.69, 9.17) is 4.74 Å². The molecule has 0 saturated carbocycles. The van der Waals surface area contributed by atoms with E-state index in [0.29, 0.717) is 18.1 Å². The van der Waals surface area contributed by atoms with Gasteiger partial charge in [-0.3, -0.25) is 9.80 Å². The van der Waals surface area contributed by atoms with Gasteiger partial charge in [0.2, 0.25) is 0 Å². The highest BCUT2D eigenvalue weighted by atomic mass is 16.5. The van der Waals surface area contributed by atoms with Crippen LogP contribution in [0.5, 0.6) is 0 Å². The molecule has 2 aliphatic rings. The number of anilines is 2. The van der Waals surface area contributed by atoms with Crippen molar-refractivity contribution in [2.75, 3.05) is 62.7 Å². The minimum absolute atomic E-state index is 0.551. The molecule has 2 fully saturated rings. The van der Waals surface area contributed by atoms with Crippen LogP contribution in [0.1, 0.15) is 40.5 Å². The lowest BCUT2D eigenvalue weighted by Gasteiger charge is -2.40. The molecule has 0 radical (unpaired) electrons. The zero-order valence-electron chi connectivity index (χ0n) is 18.1. The van der Waals surface area contributed by atoms with Crippen molar-refractivity contribution in [3.05, 3.63) is 12.4 Å². The molecule has 1 aromatic heterocycles. The van der Waals surface area contributed by atoms with Crippen molar-refractivity contribution in [2.24, 2.45) is 0 Å². The molecule has 158 valence electrons. The second kappa shape index (κ2) is 10.4. The average molecular weight is 391 g/mol. The molecule has 3 rings (SSSR count). The molecule has 0 aliphatic carbocycles. The molecule has 2 aliphatic heterocycles. The van der Waals surface area contributed by atoms with Crippen molar-refractivity contribution in [2.45, 2.75) is 58.7 Å². The van der Waals surface area contributed by atoms with Gasteiger partial charge in [0.15, 0.2) is 0 Å². The van der Waals surface area contributed by atoms with Gasteiger partial charge in [-0.05, 0) is 40.5 Å². The molecule has 28 heavy (non-hydrogen) atoms. The monoisotopic (exact) mass is 390 g/mol. The van der Waals surface area contributed by atoms with Crippen molar-refractivity contribution in [3.63, 3.8) is 0 Å². The normalized spacial score (nSPS) is 19.8. The fourth-order valence-electron chi connectivity index (χ4n) is 4.45. The Kier molecular flexibility index (Phi) is 7.88. The highest BCUT2D eigenvalue weighted by Gasteiger charge is 2.26. The number of hydrogen-bond donors (Lipinski definition) is 1. The van der Waals surface area contributed by atoms with Gasteiger partial charge in [0, 0.05) is 63.5 Å². The van der Waals surface area contributed by atoms with Crippen molar-refractivity contribution in [1.29, 1.82) is 0 Å². The van der Waals surface area contributed by atoms with Gasteiger partial charge in [-0.15, -0.1) is 0 Å². The molecule has 0 unspecified atom stereocenters. The third-order valence-electron chi connectivity index (χ3n) is 6.01. The second-order valence-corrected chi connectivity index (χ2v) is 8.48. The Morgan fingerprint density at radius 1 is 1.07 bits per heavy atom. The van der Waals surface area contributed by atoms with E-state index in [-0.39, 0.29) is 0 Å². The van der Waals surface area contributed by atoms with Crippen LogP contribution < -0.4 is 10.2 Å². The number of piperidine rings is 1. The van der Waals surface area contributed by atoms with Crippen LogP contribution in [-0.4, -0.2) is 90.4 Å². The second-order valence-electron chi connectivity index (χ2n) is 8.48. The number of morpholine rings is 1. The van der Waals surface area contributed by atoms with Crippen LogP contribution >= 0.6 is 0 Å². The maximum Gasteiger partial charge on any atom is 0.134 e. The molecule has 0 aromatic carbocycles. The molecule has 7 nitrogen and oxygen atoms in total. The summed E-state index contributed by atoms with van der Waals surface area (Å²) in [6.45, 7) is 17.0. The summed E-state index contributed by atoms with van der Waals surface area (Å²) in [6, 6.07) is 3.90. The van der Waals surface area contributed by atoms with E-state index in [1.54, 1.807) is 6.33 Å². The molecular formula is C21H38N6O.